The van der Waals surface area contributed by atoms with Gasteiger partial charge in [-0.3, -0.25) is 14.6 Å². The predicted octanol–water partition coefficient (Wildman–Crippen LogP) is 1.18. The van der Waals surface area contributed by atoms with Crippen molar-refractivity contribution in [2.24, 2.45) is 0 Å². The minimum atomic E-state index is -0.734. The summed E-state index contributed by atoms with van der Waals surface area (Å²) in [5.74, 6) is -0.0788. The van der Waals surface area contributed by atoms with Gasteiger partial charge < -0.3 is 10.3 Å². The van der Waals surface area contributed by atoms with Crippen molar-refractivity contribution in [3.8, 4) is 0 Å². The van der Waals surface area contributed by atoms with Crippen LogP contribution in [0.25, 0.3) is 0 Å². The molecule has 0 spiro atoms. The van der Waals surface area contributed by atoms with Gasteiger partial charge in [-0.2, -0.15) is 5.10 Å². The highest BCUT2D eigenvalue weighted by atomic mass is 16.2. The summed E-state index contributed by atoms with van der Waals surface area (Å²) < 4.78 is 1.66. The van der Waals surface area contributed by atoms with E-state index < -0.39 is 17.2 Å². The van der Waals surface area contributed by atoms with Crippen molar-refractivity contribution in [3.05, 3.63) is 79.8 Å². The highest BCUT2D eigenvalue weighted by Gasteiger charge is 2.14. The number of anilines is 1. The molecule has 1 amide bonds. The van der Waals surface area contributed by atoms with Gasteiger partial charge in [0.05, 0.1) is 12.7 Å². The molecule has 0 bridgehead atoms. The second-order valence-corrected chi connectivity index (χ2v) is 5.78. The third-order valence-electron chi connectivity index (χ3n) is 3.67. The molecule has 3 rings (SSSR count). The van der Waals surface area contributed by atoms with Crippen LogP contribution in [0.4, 0.5) is 5.82 Å². The van der Waals surface area contributed by atoms with Gasteiger partial charge in [0.25, 0.3) is 11.5 Å². The molecule has 8 heteroatoms. The summed E-state index contributed by atoms with van der Waals surface area (Å²) in [5, 5.41) is 6.99. The Kier molecular flexibility index (Phi) is 4.34. The fraction of sp³-hybridized carbons (Fsp3) is 0.176. The van der Waals surface area contributed by atoms with Crippen LogP contribution in [-0.2, 0) is 6.54 Å². The van der Waals surface area contributed by atoms with E-state index in [1.807, 2.05) is 43.1 Å². The number of aromatic nitrogens is 4. The summed E-state index contributed by atoms with van der Waals surface area (Å²) in [6, 6.07) is 9.01. The SMILES string of the molecule is Cc1cccc(Cn2ncc(C)c2NC(=O)c2cc(=O)[nH]c(=O)[nH]2)c1. The Balaban J connectivity index is 1.87. The first-order chi connectivity index (χ1) is 11.9. The number of benzene rings is 1. The third-order valence-corrected chi connectivity index (χ3v) is 3.67. The molecular weight excluding hydrogens is 322 g/mol. The molecule has 0 aliphatic heterocycles. The number of aryl methyl sites for hydroxylation is 2. The Morgan fingerprint density at radius 3 is 2.72 bits per heavy atom. The number of hydrogen-bond acceptors (Lipinski definition) is 4. The number of carbonyl (C=O) groups excluding carboxylic acids is 1. The maximum Gasteiger partial charge on any atom is 0.326 e. The van der Waals surface area contributed by atoms with Crippen molar-refractivity contribution in [1.29, 1.82) is 0 Å². The van der Waals surface area contributed by atoms with Crippen LogP contribution in [0.3, 0.4) is 0 Å². The molecule has 0 atom stereocenters. The maximum atomic E-state index is 12.4. The van der Waals surface area contributed by atoms with Gasteiger partial charge in [0.2, 0.25) is 0 Å². The van der Waals surface area contributed by atoms with E-state index in [2.05, 4.69) is 15.4 Å². The molecule has 0 saturated heterocycles. The molecule has 0 saturated carbocycles. The fourth-order valence-electron chi connectivity index (χ4n) is 2.51. The first-order valence-electron chi connectivity index (χ1n) is 7.65. The van der Waals surface area contributed by atoms with Gasteiger partial charge in [-0.1, -0.05) is 29.8 Å². The van der Waals surface area contributed by atoms with Gasteiger partial charge >= 0.3 is 5.69 Å². The highest BCUT2D eigenvalue weighted by Crippen LogP contribution is 2.17. The summed E-state index contributed by atoms with van der Waals surface area (Å²) >= 11 is 0. The first-order valence-corrected chi connectivity index (χ1v) is 7.65. The number of carbonyl (C=O) groups is 1. The zero-order valence-electron chi connectivity index (χ0n) is 13.8. The minimum absolute atomic E-state index is 0.114. The third kappa shape index (κ3) is 3.74. The van der Waals surface area contributed by atoms with Gasteiger partial charge in [0.1, 0.15) is 11.5 Å². The van der Waals surface area contributed by atoms with Crippen LogP contribution in [0.1, 0.15) is 27.2 Å². The fourth-order valence-corrected chi connectivity index (χ4v) is 2.51. The summed E-state index contributed by atoms with van der Waals surface area (Å²) in [6.07, 6.45) is 1.64. The standard InChI is InChI=1S/C17H17N5O3/c1-10-4-3-5-12(6-10)9-22-15(11(2)8-18-22)21-16(24)13-7-14(23)20-17(25)19-13/h3-8H,9H2,1-2H3,(H,21,24)(H2,19,20,23,25). The van der Waals surface area contributed by atoms with E-state index in [9.17, 15) is 14.4 Å². The summed E-state index contributed by atoms with van der Waals surface area (Å²) in [7, 11) is 0. The van der Waals surface area contributed by atoms with Crippen LogP contribution in [0, 0.1) is 13.8 Å². The van der Waals surface area contributed by atoms with Gasteiger partial charge in [0, 0.05) is 11.6 Å². The van der Waals surface area contributed by atoms with Crippen LogP contribution in [0.15, 0.2) is 46.1 Å². The quantitative estimate of drug-likeness (QED) is 0.662. The van der Waals surface area contributed by atoms with E-state index in [-0.39, 0.29) is 5.69 Å². The molecule has 1 aromatic carbocycles. The molecular formula is C17H17N5O3. The molecule has 3 N–H and O–H groups in total. The first kappa shape index (κ1) is 16.4. The number of rotatable bonds is 4. The van der Waals surface area contributed by atoms with Gasteiger partial charge in [-0.15, -0.1) is 0 Å². The highest BCUT2D eigenvalue weighted by molar-refractivity contribution is 6.02. The van der Waals surface area contributed by atoms with Crippen LogP contribution < -0.4 is 16.6 Å². The lowest BCUT2D eigenvalue weighted by Gasteiger charge is -2.10. The second-order valence-electron chi connectivity index (χ2n) is 5.78. The van der Waals surface area contributed by atoms with Gasteiger partial charge in [-0.25, -0.2) is 9.48 Å². The van der Waals surface area contributed by atoms with E-state index >= 15 is 0 Å². The number of nitrogens with zero attached hydrogens (tertiary/aromatic N) is 2. The van der Waals surface area contributed by atoms with E-state index in [4.69, 9.17) is 0 Å². The van der Waals surface area contributed by atoms with Crippen LogP contribution in [-0.4, -0.2) is 25.7 Å². The lowest BCUT2D eigenvalue weighted by Crippen LogP contribution is -2.27. The Labute approximate surface area is 142 Å². The lowest BCUT2D eigenvalue weighted by molar-refractivity contribution is 0.102. The van der Waals surface area contributed by atoms with Gasteiger partial charge in [0.15, 0.2) is 0 Å². The monoisotopic (exact) mass is 339 g/mol. The summed E-state index contributed by atoms with van der Waals surface area (Å²) in [5.41, 5.74) is 1.46. The molecule has 0 unspecified atom stereocenters. The lowest BCUT2D eigenvalue weighted by atomic mass is 10.1. The normalized spacial score (nSPS) is 10.6. The molecule has 0 fully saturated rings. The Morgan fingerprint density at radius 2 is 2.00 bits per heavy atom. The molecule has 8 nitrogen and oxygen atoms in total. The Morgan fingerprint density at radius 1 is 1.20 bits per heavy atom. The smallest absolute Gasteiger partial charge is 0.305 e. The van der Waals surface area contributed by atoms with Crippen LogP contribution in [0.5, 0.6) is 0 Å². The molecule has 0 radical (unpaired) electrons. The number of amides is 1. The van der Waals surface area contributed by atoms with Crippen LogP contribution in [0.2, 0.25) is 0 Å². The molecule has 2 aromatic heterocycles. The zero-order valence-corrected chi connectivity index (χ0v) is 13.8. The second kappa shape index (κ2) is 6.60. The number of aromatic amines is 2. The molecule has 0 aliphatic rings. The van der Waals surface area contributed by atoms with E-state index in [1.165, 1.54) is 0 Å². The summed E-state index contributed by atoms with van der Waals surface area (Å²) in [6.45, 7) is 4.30. The Hall–Kier alpha value is -3.42. The Bertz CT molecular complexity index is 1020. The molecule has 128 valence electrons. The average molecular weight is 339 g/mol. The molecule has 2 heterocycles. The van der Waals surface area contributed by atoms with E-state index in [0.29, 0.717) is 12.4 Å². The molecule has 0 aliphatic carbocycles. The molecule has 25 heavy (non-hydrogen) atoms. The van der Waals surface area contributed by atoms with Crippen molar-refractivity contribution in [3.63, 3.8) is 0 Å². The number of hydrogen-bond donors (Lipinski definition) is 3. The summed E-state index contributed by atoms with van der Waals surface area (Å²) in [4.78, 5) is 39.3. The van der Waals surface area contributed by atoms with Gasteiger partial charge in [-0.05, 0) is 19.4 Å². The van der Waals surface area contributed by atoms with E-state index in [0.717, 1.165) is 22.8 Å². The topological polar surface area (TPSA) is 113 Å². The predicted molar refractivity (Wildman–Crippen MR) is 92.9 cm³/mol. The minimum Gasteiger partial charge on any atom is -0.305 e. The largest absolute Gasteiger partial charge is 0.326 e. The van der Waals surface area contributed by atoms with Crippen molar-refractivity contribution >= 4 is 11.7 Å². The van der Waals surface area contributed by atoms with Crippen molar-refractivity contribution in [2.75, 3.05) is 5.32 Å². The van der Waals surface area contributed by atoms with Crippen molar-refractivity contribution in [1.82, 2.24) is 19.7 Å². The van der Waals surface area contributed by atoms with Crippen molar-refractivity contribution in [2.45, 2.75) is 20.4 Å². The van der Waals surface area contributed by atoms with E-state index in [1.54, 1.807) is 10.9 Å². The van der Waals surface area contributed by atoms with Crippen LogP contribution >= 0.6 is 0 Å². The van der Waals surface area contributed by atoms with Crippen molar-refractivity contribution < 1.29 is 4.79 Å². The zero-order chi connectivity index (χ0) is 18.0. The molecule has 3 aromatic rings. The average Bonchev–Trinajstić information content (AvgIpc) is 2.87. The number of nitrogens with one attached hydrogen (secondary N) is 3. The maximum absolute atomic E-state index is 12.4. The number of H-pyrrole nitrogens is 2.